The summed E-state index contributed by atoms with van der Waals surface area (Å²) in [5, 5.41) is 18.7. The standard InChI is InChI=1S/C24H31N7O3S/c1-4-16(3)10-19(11-25)29-24-28-12-18-14-31(15-22(18)30-24)20(5-2)13-27-23(32)17-6-8-21(9-7-17)35(26,33)34/h4,6-12,20,25H,5,13-15H2,1-3H3,(H,27,32)(H2,26,33,34)(H,28,29,30)/b16-4-,19-10+,25-11?. The third kappa shape index (κ3) is 6.81. The van der Waals surface area contributed by atoms with E-state index in [2.05, 4.69) is 32.4 Å². The quantitative estimate of drug-likeness (QED) is 0.290. The average Bonchev–Trinajstić information content (AvgIpc) is 3.26. The SMILES string of the molecule is C/C=C(C)\C=C(/C=N)Nc1ncc2c(n1)CN(C(CC)CNC(=O)c1ccc(S(N)(=O)=O)cc1)C2. The molecule has 3 rings (SSSR count). The molecule has 10 nitrogen and oxygen atoms in total. The Bertz CT molecular complexity index is 1250. The predicted molar refractivity (Wildman–Crippen MR) is 135 cm³/mol. The molecule has 186 valence electrons. The molecule has 11 heteroatoms. The largest absolute Gasteiger partial charge is 0.350 e. The second kappa shape index (κ2) is 11.3. The van der Waals surface area contributed by atoms with Gasteiger partial charge in [-0.3, -0.25) is 9.69 Å². The molecule has 0 bridgehead atoms. The maximum atomic E-state index is 12.6. The van der Waals surface area contributed by atoms with Gasteiger partial charge in [0.05, 0.1) is 16.3 Å². The molecule has 1 atom stereocenters. The van der Waals surface area contributed by atoms with E-state index in [1.165, 1.54) is 30.5 Å². The first kappa shape index (κ1) is 26.2. The Morgan fingerprint density at radius 1 is 1.29 bits per heavy atom. The van der Waals surface area contributed by atoms with Gasteiger partial charge in [-0.05, 0) is 50.6 Å². The van der Waals surface area contributed by atoms with Crippen LogP contribution in [0.25, 0.3) is 0 Å². The minimum atomic E-state index is -3.80. The monoisotopic (exact) mass is 497 g/mol. The summed E-state index contributed by atoms with van der Waals surface area (Å²) in [5.74, 6) is 0.156. The fraction of sp³-hybridized carbons (Fsp3) is 0.333. The van der Waals surface area contributed by atoms with Crippen molar-refractivity contribution in [2.24, 2.45) is 5.14 Å². The van der Waals surface area contributed by atoms with Crippen LogP contribution < -0.4 is 15.8 Å². The number of primary sulfonamides is 1. The third-order valence-corrected chi connectivity index (χ3v) is 6.79. The van der Waals surface area contributed by atoms with Crippen molar-refractivity contribution in [1.82, 2.24) is 20.2 Å². The van der Waals surface area contributed by atoms with Crippen LogP contribution >= 0.6 is 0 Å². The summed E-state index contributed by atoms with van der Waals surface area (Å²) in [6, 6.07) is 5.62. The number of hydrogen-bond acceptors (Lipinski definition) is 8. The number of carbonyl (C=O) groups is 1. The number of nitrogens with two attached hydrogens (primary N) is 1. The zero-order valence-electron chi connectivity index (χ0n) is 20.1. The molecule has 5 N–H and O–H groups in total. The van der Waals surface area contributed by atoms with Crippen LogP contribution in [0, 0.1) is 5.41 Å². The van der Waals surface area contributed by atoms with Crippen molar-refractivity contribution in [2.75, 3.05) is 11.9 Å². The fourth-order valence-electron chi connectivity index (χ4n) is 3.71. The van der Waals surface area contributed by atoms with Crippen molar-refractivity contribution in [3.8, 4) is 0 Å². The molecule has 35 heavy (non-hydrogen) atoms. The zero-order chi connectivity index (χ0) is 25.6. The van der Waals surface area contributed by atoms with Gasteiger partial charge in [0.15, 0.2) is 0 Å². The van der Waals surface area contributed by atoms with Crippen molar-refractivity contribution in [2.45, 2.75) is 51.2 Å². The van der Waals surface area contributed by atoms with E-state index in [4.69, 9.17) is 10.5 Å². The molecular weight excluding hydrogens is 466 g/mol. The van der Waals surface area contributed by atoms with Gasteiger partial charge in [-0.25, -0.2) is 23.5 Å². The summed E-state index contributed by atoms with van der Waals surface area (Å²) in [4.78, 5) is 23.8. The van der Waals surface area contributed by atoms with Gasteiger partial charge in [-0.2, -0.15) is 0 Å². The molecular formula is C24H31N7O3S. The number of aromatic nitrogens is 2. The van der Waals surface area contributed by atoms with Crippen molar-refractivity contribution >= 4 is 28.1 Å². The Morgan fingerprint density at radius 2 is 2.00 bits per heavy atom. The fourth-order valence-corrected chi connectivity index (χ4v) is 4.22. The predicted octanol–water partition coefficient (Wildman–Crippen LogP) is 2.56. The smallest absolute Gasteiger partial charge is 0.251 e. The van der Waals surface area contributed by atoms with E-state index >= 15 is 0 Å². The number of allylic oxidation sites excluding steroid dienone is 4. The van der Waals surface area contributed by atoms with E-state index in [1.54, 1.807) is 6.20 Å². The highest BCUT2D eigenvalue weighted by Crippen LogP contribution is 2.24. The molecule has 1 aliphatic heterocycles. The van der Waals surface area contributed by atoms with Crippen LogP contribution in [-0.4, -0.2) is 48.0 Å². The average molecular weight is 498 g/mol. The van der Waals surface area contributed by atoms with E-state index in [0.717, 1.165) is 23.3 Å². The second-order valence-electron chi connectivity index (χ2n) is 8.31. The zero-order valence-corrected chi connectivity index (χ0v) is 20.9. The second-order valence-corrected chi connectivity index (χ2v) is 9.88. The summed E-state index contributed by atoms with van der Waals surface area (Å²) >= 11 is 0. The van der Waals surface area contributed by atoms with E-state index in [0.29, 0.717) is 36.8 Å². The first-order chi connectivity index (χ1) is 16.6. The Balaban J connectivity index is 1.62. The third-order valence-electron chi connectivity index (χ3n) is 5.86. The topological polar surface area (TPSA) is 154 Å². The molecule has 0 spiro atoms. The molecule has 0 fully saturated rings. The molecule has 2 aromatic rings. The van der Waals surface area contributed by atoms with Crippen molar-refractivity contribution in [3.63, 3.8) is 0 Å². The maximum absolute atomic E-state index is 12.6. The number of benzene rings is 1. The number of sulfonamides is 1. The van der Waals surface area contributed by atoms with E-state index in [9.17, 15) is 13.2 Å². The van der Waals surface area contributed by atoms with Gasteiger partial charge in [0.2, 0.25) is 16.0 Å². The van der Waals surface area contributed by atoms with Gasteiger partial charge in [0.25, 0.3) is 5.91 Å². The number of nitrogens with one attached hydrogen (secondary N) is 3. The number of rotatable bonds is 10. The maximum Gasteiger partial charge on any atom is 0.251 e. The summed E-state index contributed by atoms with van der Waals surface area (Å²) in [6.45, 7) is 7.69. The molecule has 1 aliphatic rings. The summed E-state index contributed by atoms with van der Waals surface area (Å²) in [7, 11) is -3.80. The summed E-state index contributed by atoms with van der Waals surface area (Å²) in [5.41, 5.74) is 3.93. The Hall–Kier alpha value is -3.41. The lowest BCUT2D eigenvalue weighted by Crippen LogP contribution is -2.41. The number of carbonyl (C=O) groups excluding carboxylic acids is 1. The lowest BCUT2D eigenvalue weighted by atomic mass is 10.1. The molecule has 1 unspecified atom stereocenters. The first-order valence-electron chi connectivity index (χ1n) is 11.3. The van der Waals surface area contributed by atoms with Crippen LogP contribution in [-0.2, 0) is 23.1 Å². The minimum absolute atomic E-state index is 0.0366. The number of fused-ring (bicyclic) bond motifs is 1. The molecule has 1 aromatic carbocycles. The van der Waals surface area contributed by atoms with Gasteiger partial charge in [-0.15, -0.1) is 0 Å². The van der Waals surface area contributed by atoms with Crippen LogP contribution in [0.4, 0.5) is 5.95 Å². The summed E-state index contributed by atoms with van der Waals surface area (Å²) in [6.07, 6.45) is 7.66. The van der Waals surface area contributed by atoms with Gasteiger partial charge in [0.1, 0.15) is 0 Å². The number of nitrogens with zero attached hydrogens (tertiary/aromatic N) is 3. The van der Waals surface area contributed by atoms with Gasteiger partial charge < -0.3 is 16.0 Å². The normalized spacial score (nSPS) is 15.4. The lowest BCUT2D eigenvalue weighted by Gasteiger charge is -2.26. The molecule has 2 heterocycles. The number of anilines is 1. The van der Waals surface area contributed by atoms with Gasteiger partial charge in [0, 0.05) is 49.2 Å². The molecule has 1 amide bonds. The summed E-state index contributed by atoms with van der Waals surface area (Å²) < 4.78 is 22.8. The molecule has 1 aromatic heterocycles. The van der Waals surface area contributed by atoms with E-state index in [1.807, 2.05) is 26.0 Å². The lowest BCUT2D eigenvalue weighted by molar-refractivity contribution is 0.0930. The van der Waals surface area contributed by atoms with Crippen LogP contribution in [0.5, 0.6) is 0 Å². The van der Waals surface area contributed by atoms with Gasteiger partial charge in [-0.1, -0.05) is 18.6 Å². The van der Waals surface area contributed by atoms with Crippen molar-refractivity contribution in [3.05, 3.63) is 70.7 Å². The first-order valence-corrected chi connectivity index (χ1v) is 12.8. The minimum Gasteiger partial charge on any atom is -0.350 e. The van der Waals surface area contributed by atoms with Crippen LogP contribution in [0.1, 0.15) is 48.8 Å². The van der Waals surface area contributed by atoms with Gasteiger partial charge >= 0.3 is 0 Å². The number of hydrogen-bond donors (Lipinski definition) is 4. The van der Waals surface area contributed by atoms with Crippen molar-refractivity contribution in [1.29, 1.82) is 5.41 Å². The highest BCUT2D eigenvalue weighted by atomic mass is 32.2. The Morgan fingerprint density at radius 3 is 2.60 bits per heavy atom. The molecule has 0 aliphatic carbocycles. The highest BCUT2D eigenvalue weighted by Gasteiger charge is 2.27. The number of amides is 1. The van der Waals surface area contributed by atoms with E-state index < -0.39 is 10.0 Å². The highest BCUT2D eigenvalue weighted by molar-refractivity contribution is 7.89. The van der Waals surface area contributed by atoms with Crippen LogP contribution in [0.15, 0.2) is 58.8 Å². The van der Waals surface area contributed by atoms with Crippen LogP contribution in [0.2, 0.25) is 0 Å². The Labute approximate surface area is 205 Å². The molecule has 0 saturated carbocycles. The molecule has 0 saturated heterocycles. The van der Waals surface area contributed by atoms with E-state index in [-0.39, 0.29) is 16.8 Å². The Kier molecular flexibility index (Phi) is 8.49. The molecule has 0 radical (unpaired) electrons. The van der Waals surface area contributed by atoms with Crippen LogP contribution in [0.3, 0.4) is 0 Å². The van der Waals surface area contributed by atoms with Crippen molar-refractivity contribution < 1.29 is 13.2 Å².